The number of halogens is 1. The Hall–Kier alpha value is -2.00. The predicted octanol–water partition coefficient (Wildman–Crippen LogP) is 4.36. The fourth-order valence-electron chi connectivity index (χ4n) is 1.89. The van der Waals surface area contributed by atoms with E-state index in [1.807, 2.05) is 32.0 Å². The molecule has 110 valence electrons. The van der Waals surface area contributed by atoms with Gasteiger partial charge in [-0.15, -0.1) is 0 Å². The van der Waals surface area contributed by atoms with Crippen molar-refractivity contribution in [1.29, 1.82) is 0 Å². The van der Waals surface area contributed by atoms with Gasteiger partial charge in [-0.1, -0.05) is 23.7 Å². The van der Waals surface area contributed by atoms with Gasteiger partial charge in [-0.3, -0.25) is 4.79 Å². The second-order valence-electron chi connectivity index (χ2n) is 4.95. The Bertz CT molecular complexity index is 638. The summed E-state index contributed by atoms with van der Waals surface area (Å²) in [4.78, 5) is 12.2. The maximum atomic E-state index is 12.2. The van der Waals surface area contributed by atoms with Crippen LogP contribution in [0.5, 0.6) is 5.75 Å². The van der Waals surface area contributed by atoms with Crippen LogP contribution in [-0.4, -0.2) is 12.0 Å². The summed E-state index contributed by atoms with van der Waals surface area (Å²) in [5, 5.41) is 3.53. The van der Waals surface area contributed by atoms with E-state index in [-0.39, 0.29) is 5.91 Å². The summed E-state index contributed by atoms with van der Waals surface area (Å²) >= 11 is 5.82. The van der Waals surface area contributed by atoms with Crippen LogP contribution in [0, 0.1) is 13.8 Å². The van der Waals surface area contributed by atoms with E-state index < -0.39 is 6.10 Å². The van der Waals surface area contributed by atoms with Crippen molar-refractivity contribution in [2.45, 2.75) is 26.9 Å². The maximum absolute atomic E-state index is 12.2. The predicted molar refractivity (Wildman–Crippen MR) is 86.1 cm³/mol. The summed E-state index contributed by atoms with van der Waals surface area (Å²) in [7, 11) is 0. The van der Waals surface area contributed by atoms with Crippen LogP contribution in [0.4, 0.5) is 5.69 Å². The quantitative estimate of drug-likeness (QED) is 0.911. The number of amides is 1. The van der Waals surface area contributed by atoms with Gasteiger partial charge in [0.05, 0.1) is 0 Å². The zero-order chi connectivity index (χ0) is 15.4. The average molecular weight is 304 g/mol. The molecule has 2 aromatic rings. The highest BCUT2D eigenvalue weighted by atomic mass is 35.5. The molecule has 1 amide bonds. The molecule has 0 aliphatic carbocycles. The lowest BCUT2D eigenvalue weighted by Crippen LogP contribution is -2.30. The van der Waals surface area contributed by atoms with Crippen LogP contribution in [0.1, 0.15) is 18.1 Å². The first kappa shape index (κ1) is 15.4. The molecule has 2 aromatic carbocycles. The van der Waals surface area contributed by atoms with E-state index in [0.29, 0.717) is 10.8 Å². The van der Waals surface area contributed by atoms with Gasteiger partial charge in [0.15, 0.2) is 6.10 Å². The molecule has 0 bridgehead atoms. The molecule has 0 saturated heterocycles. The van der Waals surface area contributed by atoms with Gasteiger partial charge in [-0.2, -0.15) is 0 Å². The van der Waals surface area contributed by atoms with Crippen molar-refractivity contribution >= 4 is 23.2 Å². The first-order chi connectivity index (χ1) is 9.97. The van der Waals surface area contributed by atoms with Gasteiger partial charge in [-0.05, 0) is 62.2 Å². The standard InChI is InChI=1S/C17H18ClNO2/c1-11-5-4-6-16(12(11)2)19-17(20)13(3)21-15-9-7-14(18)8-10-15/h4-10,13H,1-3H3,(H,19,20)/t13-/m1/s1. The number of carbonyl (C=O) groups is 1. The third-order valence-electron chi connectivity index (χ3n) is 3.36. The van der Waals surface area contributed by atoms with Crippen molar-refractivity contribution < 1.29 is 9.53 Å². The van der Waals surface area contributed by atoms with Crippen LogP contribution in [0.2, 0.25) is 5.02 Å². The van der Waals surface area contributed by atoms with Crippen molar-refractivity contribution in [3.63, 3.8) is 0 Å². The monoisotopic (exact) mass is 303 g/mol. The van der Waals surface area contributed by atoms with Gasteiger partial charge in [0, 0.05) is 10.7 Å². The number of anilines is 1. The minimum Gasteiger partial charge on any atom is -0.481 e. The molecule has 0 heterocycles. The third kappa shape index (κ3) is 3.99. The summed E-state index contributed by atoms with van der Waals surface area (Å²) in [6, 6.07) is 12.8. The van der Waals surface area contributed by atoms with Crippen molar-refractivity contribution in [2.75, 3.05) is 5.32 Å². The molecule has 0 aromatic heterocycles. The molecule has 21 heavy (non-hydrogen) atoms. The molecule has 2 rings (SSSR count). The van der Waals surface area contributed by atoms with E-state index in [9.17, 15) is 4.79 Å². The molecule has 0 spiro atoms. The third-order valence-corrected chi connectivity index (χ3v) is 3.61. The Labute approximate surface area is 129 Å². The molecule has 0 aliphatic heterocycles. The van der Waals surface area contributed by atoms with E-state index in [1.54, 1.807) is 31.2 Å². The van der Waals surface area contributed by atoms with Crippen molar-refractivity contribution in [3.8, 4) is 5.75 Å². The van der Waals surface area contributed by atoms with Gasteiger partial charge in [-0.25, -0.2) is 0 Å². The number of rotatable bonds is 4. The largest absolute Gasteiger partial charge is 0.481 e. The molecule has 0 radical (unpaired) electrons. The second-order valence-corrected chi connectivity index (χ2v) is 5.39. The average Bonchev–Trinajstić information content (AvgIpc) is 2.46. The van der Waals surface area contributed by atoms with E-state index in [4.69, 9.17) is 16.3 Å². The van der Waals surface area contributed by atoms with E-state index in [2.05, 4.69) is 5.32 Å². The summed E-state index contributed by atoms with van der Waals surface area (Å²) in [5.74, 6) is 0.432. The van der Waals surface area contributed by atoms with Gasteiger partial charge < -0.3 is 10.1 Å². The minimum atomic E-state index is -0.592. The molecule has 0 aliphatic rings. The summed E-state index contributed by atoms with van der Waals surface area (Å²) < 4.78 is 5.60. The highest BCUT2D eigenvalue weighted by Crippen LogP contribution is 2.20. The van der Waals surface area contributed by atoms with Gasteiger partial charge in [0.1, 0.15) is 5.75 Å². The molecule has 1 N–H and O–H groups in total. The van der Waals surface area contributed by atoms with Crippen LogP contribution in [-0.2, 0) is 4.79 Å². The van der Waals surface area contributed by atoms with Crippen LogP contribution < -0.4 is 10.1 Å². The van der Waals surface area contributed by atoms with Crippen LogP contribution in [0.25, 0.3) is 0 Å². The van der Waals surface area contributed by atoms with Crippen LogP contribution in [0.3, 0.4) is 0 Å². The van der Waals surface area contributed by atoms with Crippen molar-refractivity contribution in [2.24, 2.45) is 0 Å². The Morgan fingerprint density at radius 2 is 1.81 bits per heavy atom. The topological polar surface area (TPSA) is 38.3 Å². The second kappa shape index (κ2) is 6.64. The fraction of sp³-hybridized carbons (Fsp3) is 0.235. The normalized spacial score (nSPS) is 11.8. The Kier molecular flexibility index (Phi) is 4.86. The number of carbonyl (C=O) groups excluding carboxylic acids is 1. The minimum absolute atomic E-state index is 0.182. The van der Waals surface area contributed by atoms with Crippen molar-refractivity contribution in [1.82, 2.24) is 0 Å². The SMILES string of the molecule is Cc1cccc(NC(=O)[C@@H](C)Oc2ccc(Cl)cc2)c1C. The molecular formula is C17H18ClNO2. The lowest BCUT2D eigenvalue weighted by Gasteiger charge is -2.16. The Morgan fingerprint density at radius 1 is 1.14 bits per heavy atom. The molecule has 0 saturated carbocycles. The zero-order valence-electron chi connectivity index (χ0n) is 12.3. The highest BCUT2D eigenvalue weighted by Gasteiger charge is 2.15. The Balaban J connectivity index is 2.02. The summed E-state index contributed by atoms with van der Waals surface area (Å²) in [5.41, 5.74) is 3.01. The number of hydrogen-bond acceptors (Lipinski definition) is 2. The lowest BCUT2D eigenvalue weighted by atomic mass is 10.1. The number of hydrogen-bond donors (Lipinski definition) is 1. The van der Waals surface area contributed by atoms with Crippen LogP contribution >= 0.6 is 11.6 Å². The summed E-state index contributed by atoms with van der Waals surface area (Å²) in [6.07, 6.45) is -0.592. The molecule has 4 heteroatoms. The molecule has 3 nitrogen and oxygen atoms in total. The fourth-order valence-corrected chi connectivity index (χ4v) is 2.02. The first-order valence-electron chi connectivity index (χ1n) is 6.76. The van der Waals surface area contributed by atoms with E-state index in [1.165, 1.54) is 0 Å². The number of ether oxygens (including phenoxy) is 1. The zero-order valence-corrected chi connectivity index (χ0v) is 13.1. The van der Waals surface area contributed by atoms with E-state index >= 15 is 0 Å². The maximum Gasteiger partial charge on any atom is 0.265 e. The first-order valence-corrected chi connectivity index (χ1v) is 7.14. The molecule has 0 fully saturated rings. The van der Waals surface area contributed by atoms with Crippen LogP contribution in [0.15, 0.2) is 42.5 Å². The van der Waals surface area contributed by atoms with Gasteiger partial charge >= 0.3 is 0 Å². The lowest BCUT2D eigenvalue weighted by molar-refractivity contribution is -0.122. The number of nitrogens with one attached hydrogen (secondary N) is 1. The Morgan fingerprint density at radius 3 is 2.48 bits per heavy atom. The molecule has 1 atom stereocenters. The van der Waals surface area contributed by atoms with Gasteiger partial charge in [0.25, 0.3) is 5.91 Å². The summed E-state index contributed by atoms with van der Waals surface area (Å²) in [6.45, 7) is 5.71. The number of benzene rings is 2. The van der Waals surface area contributed by atoms with E-state index in [0.717, 1.165) is 16.8 Å². The van der Waals surface area contributed by atoms with Gasteiger partial charge in [0.2, 0.25) is 0 Å². The highest BCUT2D eigenvalue weighted by molar-refractivity contribution is 6.30. The molecular weight excluding hydrogens is 286 g/mol. The van der Waals surface area contributed by atoms with Crippen molar-refractivity contribution in [3.05, 3.63) is 58.6 Å². The smallest absolute Gasteiger partial charge is 0.265 e. The number of aryl methyl sites for hydroxylation is 1. The molecule has 0 unspecified atom stereocenters.